The normalized spacial score (nSPS) is 18.6. The van der Waals surface area contributed by atoms with Crippen molar-refractivity contribution < 1.29 is 8.42 Å². The van der Waals surface area contributed by atoms with Crippen molar-refractivity contribution in [3.63, 3.8) is 0 Å². The van der Waals surface area contributed by atoms with Crippen LogP contribution in [0.3, 0.4) is 0 Å². The molecule has 0 unspecified atom stereocenters. The predicted octanol–water partition coefficient (Wildman–Crippen LogP) is 1.99. The molecule has 4 heteroatoms. The van der Waals surface area contributed by atoms with Crippen LogP contribution in [0.1, 0.15) is 44.9 Å². The Morgan fingerprint density at radius 3 is 2.50 bits per heavy atom. The first kappa shape index (κ1) is 13.5. The molecule has 1 aliphatic rings. The second-order valence-electron chi connectivity index (χ2n) is 4.43. The van der Waals surface area contributed by atoms with Crippen LogP contribution in [0.5, 0.6) is 0 Å². The minimum Gasteiger partial charge on any atom is -0.212 e. The molecule has 0 aliphatic heterocycles. The number of terminal acetylenes is 1. The summed E-state index contributed by atoms with van der Waals surface area (Å²) in [6.45, 7) is 0. The molecule has 3 nitrogen and oxygen atoms in total. The van der Waals surface area contributed by atoms with Gasteiger partial charge in [0.15, 0.2) is 0 Å². The Balaban J connectivity index is 2.50. The van der Waals surface area contributed by atoms with E-state index < -0.39 is 10.0 Å². The summed E-state index contributed by atoms with van der Waals surface area (Å²) in [4.78, 5) is 0. The topological polar surface area (TPSA) is 37.4 Å². The first-order valence-electron chi connectivity index (χ1n) is 5.97. The molecule has 0 heterocycles. The van der Waals surface area contributed by atoms with Gasteiger partial charge in [-0.05, 0) is 19.3 Å². The Kier molecular flexibility index (Phi) is 5.30. The third-order valence-electron chi connectivity index (χ3n) is 3.25. The second kappa shape index (κ2) is 6.27. The summed E-state index contributed by atoms with van der Waals surface area (Å²) in [7, 11) is -1.38. The molecule has 92 valence electrons. The molecule has 0 bridgehead atoms. The van der Waals surface area contributed by atoms with E-state index >= 15 is 0 Å². The van der Waals surface area contributed by atoms with Crippen LogP contribution in [-0.4, -0.2) is 31.6 Å². The Morgan fingerprint density at radius 1 is 1.31 bits per heavy atom. The molecule has 0 aromatic rings. The molecule has 0 N–H and O–H groups in total. The quantitative estimate of drug-likeness (QED) is 0.547. The third-order valence-corrected chi connectivity index (χ3v) is 5.23. The van der Waals surface area contributed by atoms with Crippen LogP contribution < -0.4 is 0 Å². The van der Waals surface area contributed by atoms with Gasteiger partial charge in [-0.15, -0.1) is 12.3 Å². The fourth-order valence-corrected chi connectivity index (χ4v) is 3.63. The molecule has 1 fully saturated rings. The molecule has 1 saturated carbocycles. The predicted molar refractivity (Wildman–Crippen MR) is 66.5 cm³/mol. The van der Waals surface area contributed by atoms with Gasteiger partial charge in [-0.1, -0.05) is 19.3 Å². The molecule has 0 radical (unpaired) electrons. The lowest BCUT2D eigenvalue weighted by Crippen LogP contribution is -2.39. The zero-order valence-corrected chi connectivity index (χ0v) is 10.8. The Hall–Kier alpha value is -0.530. The maximum atomic E-state index is 12.0. The van der Waals surface area contributed by atoms with E-state index in [0.29, 0.717) is 12.8 Å². The van der Waals surface area contributed by atoms with Crippen LogP contribution in [0.25, 0.3) is 0 Å². The van der Waals surface area contributed by atoms with E-state index in [2.05, 4.69) is 5.92 Å². The van der Waals surface area contributed by atoms with Crippen molar-refractivity contribution in [2.75, 3.05) is 12.8 Å². The highest BCUT2D eigenvalue weighted by Crippen LogP contribution is 2.23. The molecule has 0 saturated heterocycles. The molecule has 0 aromatic heterocycles. The van der Waals surface area contributed by atoms with E-state index in [0.717, 1.165) is 25.7 Å². The number of rotatable bonds is 5. The zero-order chi connectivity index (χ0) is 12.0. The molecule has 1 rings (SSSR count). The fourth-order valence-electron chi connectivity index (χ4n) is 2.17. The Morgan fingerprint density at radius 2 is 1.94 bits per heavy atom. The van der Waals surface area contributed by atoms with Crippen LogP contribution in [0, 0.1) is 12.3 Å². The summed E-state index contributed by atoms with van der Waals surface area (Å²) in [5, 5.41) is 0. The molecule has 1 aliphatic carbocycles. The van der Waals surface area contributed by atoms with Crippen molar-refractivity contribution in [1.29, 1.82) is 0 Å². The number of hydrogen-bond donors (Lipinski definition) is 0. The number of sulfonamides is 1. The van der Waals surface area contributed by atoms with Crippen LogP contribution in [0.4, 0.5) is 0 Å². The average molecular weight is 243 g/mol. The van der Waals surface area contributed by atoms with Gasteiger partial charge >= 0.3 is 0 Å². The molecule has 0 aromatic carbocycles. The monoisotopic (exact) mass is 243 g/mol. The highest BCUT2D eigenvalue weighted by atomic mass is 32.2. The molecular formula is C12H21NO2S. The second-order valence-corrected chi connectivity index (χ2v) is 6.58. The van der Waals surface area contributed by atoms with Crippen molar-refractivity contribution in [3.05, 3.63) is 0 Å². The minimum atomic E-state index is -3.09. The van der Waals surface area contributed by atoms with Crippen molar-refractivity contribution in [1.82, 2.24) is 4.31 Å². The van der Waals surface area contributed by atoms with Gasteiger partial charge in [-0.25, -0.2) is 12.7 Å². The van der Waals surface area contributed by atoms with Gasteiger partial charge in [0.1, 0.15) is 0 Å². The van der Waals surface area contributed by atoms with Gasteiger partial charge in [0.2, 0.25) is 10.0 Å². The van der Waals surface area contributed by atoms with Crippen molar-refractivity contribution in [2.24, 2.45) is 0 Å². The summed E-state index contributed by atoms with van der Waals surface area (Å²) >= 11 is 0. The smallest absolute Gasteiger partial charge is 0.212 e. The van der Waals surface area contributed by atoms with Crippen LogP contribution in [0.15, 0.2) is 0 Å². The van der Waals surface area contributed by atoms with Crippen LogP contribution in [-0.2, 0) is 10.0 Å². The Labute approximate surface area is 99.3 Å². The van der Waals surface area contributed by atoms with Gasteiger partial charge in [0, 0.05) is 19.5 Å². The van der Waals surface area contributed by atoms with E-state index in [-0.39, 0.29) is 11.8 Å². The van der Waals surface area contributed by atoms with Crippen molar-refractivity contribution >= 4 is 10.0 Å². The summed E-state index contributed by atoms with van der Waals surface area (Å²) < 4.78 is 25.5. The van der Waals surface area contributed by atoms with Gasteiger partial charge in [-0.3, -0.25) is 0 Å². The summed E-state index contributed by atoms with van der Waals surface area (Å²) in [6, 6.07) is 0.213. The summed E-state index contributed by atoms with van der Waals surface area (Å²) in [6.07, 6.45) is 11.8. The van der Waals surface area contributed by atoms with Gasteiger partial charge in [0.25, 0.3) is 0 Å². The SMILES string of the molecule is C#CCCCS(=O)(=O)N(C)C1CCCCC1. The molecule has 0 amide bonds. The highest BCUT2D eigenvalue weighted by Gasteiger charge is 2.26. The fraction of sp³-hybridized carbons (Fsp3) is 0.833. The van der Waals surface area contributed by atoms with Gasteiger partial charge in [-0.2, -0.15) is 0 Å². The molecular weight excluding hydrogens is 222 g/mol. The standard InChI is InChI=1S/C12H21NO2S/c1-3-4-8-11-16(14,15)13(2)12-9-6-5-7-10-12/h1,12H,4-11H2,2H3. The lowest BCUT2D eigenvalue weighted by atomic mass is 9.96. The molecule has 16 heavy (non-hydrogen) atoms. The lowest BCUT2D eigenvalue weighted by Gasteiger charge is -2.30. The highest BCUT2D eigenvalue weighted by molar-refractivity contribution is 7.89. The van der Waals surface area contributed by atoms with Crippen LogP contribution >= 0.6 is 0 Å². The van der Waals surface area contributed by atoms with Crippen molar-refractivity contribution in [3.8, 4) is 12.3 Å². The van der Waals surface area contributed by atoms with E-state index in [1.165, 1.54) is 6.42 Å². The van der Waals surface area contributed by atoms with E-state index in [9.17, 15) is 8.42 Å². The minimum absolute atomic E-state index is 0.185. The van der Waals surface area contributed by atoms with E-state index in [1.807, 2.05) is 0 Å². The summed E-state index contributed by atoms with van der Waals surface area (Å²) in [5.41, 5.74) is 0. The first-order chi connectivity index (χ1) is 7.58. The third kappa shape index (κ3) is 3.80. The Bertz CT molecular complexity index is 337. The average Bonchev–Trinajstić information content (AvgIpc) is 2.29. The van der Waals surface area contributed by atoms with E-state index in [4.69, 9.17) is 6.42 Å². The first-order valence-corrected chi connectivity index (χ1v) is 7.58. The van der Waals surface area contributed by atoms with Crippen LogP contribution in [0.2, 0.25) is 0 Å². The number of nitrogens with zero attached hydrogens (tertiary/aromatic N) is 1. The maximum absolute atomic E-state index is 12.0. The molecule has 0 atom stereocenters. The number of unbranched alkanes of at least 4 members (excludes halogenated alkanes) is 1. The zero-order valence-electron chi connectivity index (χ0n) is 9.98. The largest absolute Gasteiger partial charge is 0.214 e. The number of hydrogen-bond acceptors (Lipinski definition) is 2. The maximum Gasteiger partial charge on any atom is 0.214 e. The summed E-state index contributed by atoms with van der Waals surface area (Å²) in [5.74, 6) is 2.66. The lowest BCUT2D eigenvalue weighted by molar-refractivity contribution is 0.285. The van der Waals surface area contributed by atoms with E-state index in [1.54, 1.807) is 11.4 Å². The van der Waals surface area contributed by atoms with Gasteiger partial charge < -0.3 is 0 Å². The van der Waals surface area contributed by atoms with Crippen molar-refractivity contribution in [2.45, 2.75) is 51.0 Å². The van der Waals surface area contributed by atoms with Gasteiger partial charge in [0.05, 0.1) is 5.75 Å². The molecule has 0 spiro atoms.